The summed E-state index contributed by atoms with van der Waals surface area (Å²) in [5.74, 6) is 0.691. The number of sulfone groups is 1. The second kappa shape index (κ2) is 9.50. The van der Waals surface area contributed by atoms with E-state index in [1.165, 1.54) is 6.26 Å². The Balaban J connectivity index is 3.81. The molecule has 0 rings (SSSR count). The molecule has 0 aliphatic carbocycles. The van der Waals surface area contributed by atoms with Gasteiger partial charge in [0, 0.05) is 32.9 Å². The van der Waals surface area contributed by atoms with Gasteiger partial charge in [-0.25, -0.2) is 13.2 Å². The number of carbonyl (C=O) groups excluding carboxylic acids is 1. The van der Waals surface area contributed by atoms with Crippen molar-refractivity contribution < 1.29 is 17.9 Å². The Morgan fingerprint density at radius 2 is 1.64 bits per heavy atom. The molecule has 0 bridgehead atoms. The van der Waals surface area contributed by atoms with Crippen molar-refractivity contribution in [1.82, 2.24) is 16.0 Å². The predicted molar refractivity (Wildman–Crippen MR) is 87.9 cm³/mol. The Morgan fingerprint density at radius 1 is 1.09 bits per heavy atom. The highest BCUT2D eigenvalue weighted by atomic mass is 32.2. The Bertz CT molecular complexity index is 469. The van der Waals surface area contributed by atoms with Gasteiger partial charge in [-0.3, -0.25) is 4.99 Å². The summed E-state index contributed by atoms with van der Waals surface area (Å²) in [5, 5.41) is 8.62. The minimum absolute atomic E-state index is 0.136. The lowest BCUT2D eigenvalue weighted by molar-refractivity contribution is 0.0529. The second-order valence-electron chi connectivity index (χ2n) is 5.84. The number of hydrogen-bond acceptors (Lipinski definition) is 5. The van der Waals surface area contributed by atoms with Crippen molar-refractivity contribution in [3.63, 3.8) is 0 Å². The van der Waals surface area contributed by atoms with Gasteiger partial charge in [-0.2, -0.15) is 0 Å². The summed E-state index contributed by atoms with van der Waals surface area (Å²) in [4.78, 5) is 15.4. The van der Waals surface area contributed by atoms with E-state index in [0.717, 1.165) is 0 Å². The topological polar surface area (TPSA) is 109 Å². The Hall–Kier alpha value is -1.51. The van der Waals surface area contributed by atoms with Crippen LogP contribution in [-0.2, 0) is 14.6 Å². The smallest absolute Gasteiger partial charge is 0.407 e. The summed E-state index contributed by atoms with van der Waals surface area (Å²) in [7, 11) is -1.32. The van der Waals surface area contributed by atoms with Gasteiger partial charge in [-0.15, -0.1) is 0 Å². The zero-order valence-corrected chi connectivity index (χ0v) is 14.8. The van der Waals surface area contributed by atoms with Gasteiger partial charge in [0.05, 0.1) is 5.75 Å². The third-order valence-corrected chi connectivity index (χ3v) is 3.32. The first-order chi connectivity index (χ1) is 10.0. The number of nitrogens with one attached hydrogen (secondary N) is 3. The van der Waals surface area contributed by atoms with Crippen LogP contribution in [0.25, 0.3) is 0 Å². The number of rotatable bonds is 7. The maximum atomic E-state index is 11.4. The van der Waals surface area contributed by atoms with Crippen LogP contribution in [0, 0.1) is 0 Å². The fourth-order valence-corrected chi connectivity index (χ4v) is 2.09. The van der Waals surface area contributed by atoms with E-state index >= 15 is 0 Å². The quantitative estimate of drug-likeness (QED) is 0.346. The summed E-state index contributed by atoms with van der Waals surface area (Å²) in [6, 6.07) is 0. The summed E-state index contributed by atoms with van der Waals surface area (Å²) in [6.07, 6.45) is 1.25. The highest BCUT2D eigenvalue weighted by molar-refractivity contribution is 7.90. The summed E-state index contributed by atoms with van der Waals surface area (Å²) in [5.41, 5.74) is -0.519. The van der Waals surface area contributed by atoms with Crippen molar-refractivity contribution in [2.24, 2.45) is 4.99 Å². The van der Waals surface area contributed by atoms with E-state index < -0.39 is 21.5 Å². The van der Waals surface area contributed by atoms with Crippen LogP contribution in [0.3, 0.4) is 0 Å². The van der Waals surface area contributed by atoms with Crippen molar-refractivity contribution in [3.05, 3.63) is 0 Å². The van der Waals surface area contributed by atoms with E-state index in [4.69, 9.17) is 4.74 Å². The van der Waals surface area contributed by atoms with Gasteiger partial charge in [0.2, 0.25) is 0 Å². The third-order valence-electron chi connectivity index (χ3n) is 2.29. The first-order valence-corrected chi connectivity index (χ1v) is 9.18. The van der Waals surface area contributed by atoms with E-state index in [1.807, 2.05) is 0 Å². The monoisotopic (exact) mass is 336 g/mol. The second-order valence-corrected chi connectivity index (χ2v) is 8.10. The lowest BCUT2D eigenvalue weighted by Crippen LogP contribution is -2.42. The molecule has 1 amide bonds. The van der Waals surface area contributed by atoms with Crippen LogP contribution in [0.2, 0.25) is 0 Å². The molecule has 0 saturated heterocycles. The molecule has 3 N–H and O–H groups in total. The lowest BCUT2D eigenvalue weighted by Gasteiger charge is -2.19. The van der Waals surface area contributed by atoms with Gasteiger partial charge in [-0.05, 0) is 27.2 Å². The van der Waals surface area contributed by atoms with Crippen LogP contribution in [0.1, 0.15) is 27.2 Å². The number of amides is 1. The fourth-order valence-electron chi connectivity index (χ4n) is 1.42. The van der Waals surface area contributed by atoms with Gasteiger partial charge in [0.25, 0.3) is 0 Å². The zero-order valence-electron chi connectivity index (χ0n) is 14.0. The molecule has 0 aromatic carbocycles. The number of aliphatic imine (C=N–C) groups is 1. The average molecular weight is 336 g/mol. The predicted octanol–water partition coefficient (Wildman–Crippen LogP) is 0.111. The molecule has 130 valence electrons. The maximum Gasteiger partial charge on any atom is 0.407 e. The molecule has 0 radical (unpaired) electrons. The van der Waals surface area contributed by atoms with Crippen LogP contribution >= 0.6 is 0 Å². The van der Waals surface area contributed by atoms with E-state index in [9.17, 15) is 13.2 Å². The zero-order chi connectivity index (χ0) is 17.2. The van der Waals surface area contributed by atoms with Crippen molar-refractivity contribution >= 4 is 21.9 Å². The Labute approximate surface area is 133 Å². The third kappa shape index (κ3) is 13.5. The Morgan fingerprint density at radius 3 is 2.14 bits per heavy atom. The van der Waals surface area contributed by atoms with E-state index in [-0.39, 0.29) is 5.75 Å². The molecule has 0 aromatic heterocycles. The highest BCUT2D eigenvalue weighted by Crippen LogP contribution is 2.05. The van der Waals surface area contributed by atoms with Crippen molar-refractivity contribution in [2.75, 3.05) is 38.7 Å². The Kier molecular flexibility index (Phi) is 8.84. The van der Waals surface area contributed by atoms with Crippen LogP contribution in [0.4, 0.5) is 4.79 Å². The summed E-state index contributed by atoms with van der Waals surface area (Å²) in [6.45, 7) is 6.77. The number of hydrogen-bond donors (Lipinski definition) is 3. The molecule has 0 aliphatic heterocycles. The average Bonchev–Trinajstić information content (AvgIpc) is 2.33. The lowest BCUT2D eigenvalue weighted by atomic mass is 10.2. The molecular weight excluding hydrogens is 308 g/mol. The molecular formula is C13H28N4O4S. The molecule has 0 aliphatic rings. The molecule has 0 fully saturated rings. The number of guanidine groups is 1. The van der Waals surface area contributed by atoms with Crippen LogP contribution in [0.15, 0.2) is 4.99 Å². The largest absolute Gasteiger partial charge is 0.444 e. The van der Waals surface area contributed by atoms with Gasteiger partial charge in [0.1, 0.15) is 15.4 Å². The molecule has 8 nitrogen and oxygen atoms in total. The molecule has 0 heterocycles. The molecule has 22 heavy (non-hydrogen) atoms. The summed E-state index contributed by atoms with van der Waals surface area (Å²) < 4.78 is 27.1. The summed E-state index contributed by atoms with van der Waals surface area (Å²) >= 11 is 0. The van der Waals surface area contributed by atoms with Crippen LogP contribution < -0.4 is 16.0 Å². The number of nitrogens with zero attached hydrogens (tertiary/aromatic N) is 1. The van der Waals surface area contributed by atoms with Crippen molar-refractivity contribution in [1.29, 1.82) is 0 Å². The van der Waals surface area contributed by atoms with Gasteiger partial charge in [0.15, 0.2) is 5.96 Å². The molecule has 0 spiro atoms. The van der Waals surface area contributed by atoms with Gasteiger partial charge in [-0.1, -0.05) is 0 Å². The molecule has 0 unspecified atom stereocenters. The number of carbonyl (C=O) groups is 1. The molecule has 9 heteroatoms. The van der Waals surface area contributed by atoms with E-state index in [2.05, 4.69) is 20.9 Å². The SMILES string of the molecule is CN=C(NCCCS(C)(=O)=O)NCCNC(=O)OC(C)(C)C. The van der Waals surface area contributed by atoms with Crippen LogP contribution in [-0.4, -0.2) is 64.8 Å². The highest BCUT2D eigenvalue weighted by Gasteiger charge is 2.15. The van der Waals surface area contributed by atoms with Gasteiger partial charge < -0.3 is 20.7 Å². The minimum atomic E-state index is -2.94. The van der Waals surface area contributed by atoms with Crippen LogP contribution in [0.5, 0.6) is 0 Å². The minimum Gasteiger partial charge on any atom is -0.444 e. The van der Waals surface area contributed by atoms with E-state index in [1.54, 1.807) is 27.8 Å². The molecule has 0 atom stereocenters. The standard InChI is InChI=1S/C13H28N4O4S/c1-13(2,3)21-12(18)17-9-8-16-11(14-4)15-7-6-10-22(5,19)20/h6-10H2,1-5H3,(H,17,18)(H2,14,15,16). The normalized spacial score (nSPS) is 12.7. The van der Waals surface area contributed by atoms with Crippen molar-refractivity contribution in [3.8, 4) is 0 Å². The molecule has 0 aromatic rings. The number of ether oxygens (including phenoxy) is 1. The first-order valence-electron chi connectivity index (χ1n) is 7.12. The fraction of sp³-hybridized carbons (Fsp3) is 0.846. The van der Waals surface area contributed by atoms with Gasteiger partial charge >= 0.3 is 6.09 Å². The number of alkyl carbamates (subject to hydrolysis) is 1. The molecule has 0 saturated carbocycles. The van der Waals surface area contributed by atoms with Crippen molar-refractivity contribution in [2.45, 2.75) is 32.8 Å². The van der Waals surface area contributed by atoms with E-state index in [0.29, 0.717) is 32.0 Å². The maximum absolute atomic E-state index is 11.4. The first kappa shape index (κ1) is 20.5.